The van der Waals surface area contributed by atoms with Crippen LogP contribution >= 0.6 is 0 Å². The van der Waals surface area contributed by atoms with Crippen LogP contribution in [-0.2, 0) is 4.79 Å². The van der Waals surface area contributed by atoms with Crippen molar-refractivity contribution < 1.29 is 18.0 Å². The molecule has 0 N–H and O–H groups in total. The van der Waals surface area contributed by atoms with Gasteiger partial charge in [-0.25, -0.2) is 0 Å². The second-order valence-electron chi connectivity index (χ2n) is 4.06. The van der Waals surface area contributed by atoms with Gasteiger partial charge in [0, 0.05) is 12.3 Å². The molecule has 0 amide bonds. The van der Waals surface area contributed by atoms with Gasteiger partial charge in [0.2, 0.25) is 0 Å². The molecule has 0 aromatic rings. The summed E-state index contributed by atoms with van der Waals surface area (Å²) in [6.07, 6.45) is -1.27. The van der Waals surface area contributed by atoms with Gasteiger partial charge in [0.05, 0.1) is 5.92 Å². The zero-order chi connectivity index (χ0) is 11.5. The highest BCUT2D eigenvalue weighted by molar-refractivity contribution is 5.82. The smallest absolute Gasteiger partial charge is 0.299 e. The van der Waals surface area contributed by atoms with E-state index in [4.69, 9.17) is 0 Å². The topological polar surface area (TPSA) is 17.1 Å². The average Bonchev–Trinajstić information content (AvgIpc) is 2.17. The van der Waals surface area contributed by atoms with Gasteiger partial charge in [0.25, 0.3) is 0 Å². The molecule has 0 aromatic heterocycles. The highest BCUT2D eigenvalue weighted by atomic mass is 19.4. The van der Waals surface area contributed by atoms with Crippen LogP contribution in [0.4, 0.5) is 13.2 Å². The molecule has 0 saturated heterocycles. The molecular weight excluding hydrogens is 205 g/mol. The normalized spacial score (nSPS) is 27.4. The van der Waals surface area contributed by atoms with Gasteiger partial charge >= 0.3 is 6.18 Å². The van der Waals surface area contributed by atoms with E-state index in [9.17, 15) is 18.0 Å². The van der Waals surface area contributed by atoms with Gasteiger partial charge < -0.3 is 0 Å². The molecule has 0 spiro atoms. The van der Waals surface area contributed by atoms with Crippen LogP contribution in [0.3, 0.4) is 0 Å². The quantitative estimate of drug-likeness (QED) is 0.665. The van der Waals surface area contributed by atoms with E-state index in [2.05, 4.69) is 6.58 Å². The number of rotatable bonds is 3. The lowest BCUT2D eigenvalue weighted by Crippen LogP contribution is -2.31. The summed E-state index contributed by atoms with van der Waals surface area (Å²) in [6, 6.07) is 0. The van der Waals surface area contributed by atoms with Crippen LogP contribution in [0.25, 0.3) is 0 Å². The van der Waals surface area contributed by atoms with Crippen molar-refractivity contribution in [3.8, 4) is 0 Å². The van der Waals surface area contributed by atoms with Crippen molar-refractivity contribution in [2.75, 3.05) is 0 Å². The molecule has 1 fully saturated rings. The van der Waals surface area contributed by atoms with Gasteiger partial charge in [-0.15, -0.1) is 6.58 Å². The molecule has 0 aromatic carbocycles. The van der Waals surface area contributed by atoms with Crippen molar-refractivity contribution in [2.45, 2.75) is 38.3 Å². The minimum atomic E-state index is -4.15. The van der Waals surface area contributed by atoms with Crippen molar-refractivity contribution >= 4 is 5.78 Å². The fraction of sp³-hybridized carbons (Fsp3) is 0.727. The highest BCUT2D eigenvalue weighted by Gasteiger charge is 2.43. The van der Waals surface area contributed by atoms with Crippen molar-refractivity contribution in [1.82, 2.24) is 0 Å². The summed E-state index contributed by atoms with van der Waals surface area (Å²) in [5.74, 6) is -1.80. The number of alkyl halides is 3. The first kappa shape index (κ1) is 12.3. The van der Waals surface area contributed by atoms with E-state index in [-0.39, 0.29) is 25.0 Å². The van der Waals surface area contributed by atoms with Crippen molar-refractivity contribution in [2.24, 2.45) is 11.8 Å². The lowest BCUT2D eigenvalue weighted by Gasteiger charge is -2.29. The summed E-state index contributed by atoms with van der Waals surface area (Å²) >= 11 is 0. The summed E-state index contributed by atoms with van der Waals surface area (Å²) in [5, 5.41) is 0. The second kappa shape index (κ2) is 4.81. The van der Waals surface area contributed by atoms with E-state index in [0.29, 0.717) is 12.8 Å². The number of ketones is 1. The maximum absolute atomic E-state index is 12.4. The second-order valence-corrected chi connectivity index (χ2v) is 4.06. The largest absolute Gasteiger partial charge is 0.391 e. The zero-order valence-electron chi connectivity index (χ0n) is 8.52. The van der Waals surface area contributed by atoms with E-state index in [1.165, 1.54) is 6.08 Å². The molecule has 2 atom stereocenters. The Morgan fingerprint density at radius 2 is 2.07 bits per heavy atom. The summed E-state index contributed by atoms with van der Waals surface area (Å²) < 4.78 is 37.3. The minimum absolute atomic E-state index is 0.0316. The third kappa shape index (κ3) is 3.36. The molecule has 0 aliphatic heterocycles. The molecule has 4 heteroatoms. The van der Waals surface area contributed by atoms with Crippen molar-refractivity contribution in [1.29, 1.82) is 0 Å². The predicted octanol–water partition coefficient (Wildman–Crippen LogP) is 3.50. The lowest BCUT2D eigenvalue weighted by molar-refractivity contribution is -0.186. The van der Waals surface area contributed by atoms with Crippen LogP contribution in [0.1, 0.15) is 32.1 Å². The number of Topliss-reactive ketones (excluding diaryl/α,β-unsaturated/α-hetero) is 1. The van der Waals surface area contributed by atoms with Gasteiger partial charge in [-0.2, -0.15) is 13.2 Å². The van der Waals surface area contributed by atoms with E-state index in [1.54, 1.807) is 0 Å². The van der Waals surface area contributed by atoms with Gasteiger partial charge in [-0.1, -0.05) is 12.5 Å². The number of carbonyl (C=O) groups excluding carboxylic acids is 1. The molecule has 1 rings (SSSR count). The number of carbonyl (C=O) groups is 1. The average molecular weight is 220 g/mol. The van der Waals surface area contributed by atoms with Crippen LogP contribution in [0, 0.1) is 11.8 Å². The third-order valence-corrected chi connectivity index (χ3v) is 2.94. The number of halogens is 3. The SMILES string of the molecule is C=CCC(=O)C1CCCC(C(F)(F)F)C1. The summed E-state index contributed by atoms with van der Waals surface area (Å²) in [7, 11) is 0. The Morgan fingerprint density at radius 3 is 2.60 bits per heavy atom. The first-order valence-electron chi connectivity index (χ1n) is 5.15. The molecule has 1 saturated carbocycles. The molecule has 0 bridgehead atoms. The van der Waals surface area contributed by atoms with Crippen LogP contribution in [0.15, 0.2) is 12.7 Å². The van der Waals surface area contributed by atoms with Gasteiger partial charge in [-0.05, 0) is 19.3 Å². The third-order valence-electron chi connectivity index (χ3n) is 2.94. The standard InChI is InChI=1S/C11H15F3O/c1-2-4-10(15)8-5-3-6-9(7-8)11(12,13)14/h2,8-9H,1,3-7H2. The molecule has 86 valence electrons. The Labute approximate surface area is 87.4 Å². The summed E-state index contributed by atoms with van der Waals surface area (Å²) in [4.78, 5) is 11.4. The van der Waals surface area contributed by atoms with Crippen LogP contribution in [0.5, 0.6) is 0 Å². The Kier molecular flexibility index (Phi) is 3.94. The first-order chi connectivity index (χ1) is 6.95. The highest BCUT2D eigenvalue weighted by Crippen LogP contribution is 2.40. The van der Waals surface area contributed by atoms with Gasteiger partial charge in [0.1, 0.15) is 5.78 Å². The Bertz CT molecular complexity index is 245. The molecule has 15 heavy (non-hydrogen) atoms. The molecule has 2 unspecified atom stereocenters. The van der Waals surface area contributed by atoms with Gasteiger partial charge in [0.15, 0.2) is 0 Å². The van der Waals surface area contributed by atoms with E-state index < -0.39 is 18.0 Å². The molecule has 1 aliphatic rings. The molecule has 0 radical (unpaired) electrons. The lowest BCUT2D eigenvalue weighted by atomic mass is 9.78. The Balaban J connectivity index is 2.56. The Hall–Kier alpha value is -0.800. The van der Waals surface area contributed by atoms with Crippen LogP contribution in [0.2, 0.25) is 0 Å². The zero-order valence-corrected chi connectivity index (χ0v) is 8.52. The molecule has 1 nitrogen and oxygen atoms in total. The van der Waals surface area contributed by atoms with Crippen LogP contribution < -0.4 is 0 Å². The Morgan fingerprint density at radius 1 is 1.40 bits per heavy atom. The summed E-state index contributed by atoms with van der Waals surface area (Å²) in [6.45, 7) is 3.42. The van der Waals surface area contributed by atoms with E-state index in [0.717, 1.165) is 0 Å². The van der Waals surface area contributed by atoms with Crippen LogP contribution in [-0.4, -0.2) is 12.0 Å². The fourth-order valence-corrected chi connectivity index (χ4v) is 2.09. The van der Waals surface area contributed by atoms with E-state index in [1.807, 2.05) is 0 Å². The monoisotopic (exact) mass is 220 g/mol. The molecule has 1 aliphatic carbocycles. The minimum Gasteiger partial charge on any atom is -0.299 e. The number of hydrogen-bond donors (Lipinski definition) is 0. The maximum atomic E-state index is 12.4. The van der Waals surface area contributed by atoms with E-state index >= 15 is 0 Å². The van der Waals surface area contributed by atoms with Gasteiger partial charge in [-0.3, -0.25) is 4.79 Å². The predicted molar refractivity (Wildman–Crippen MR) is 51.3 cm³/mol. The number of allylic oxidation sites excluding steroid dienone is 1. The summed E-state index contributed by atoms with van der Waals surface area (Å²) in [5.41, 5.74) is 0. The van der Waals surface area contributed by atoms with Crippen molar-refractivity contribution in [3.63, 3.8) is 0 Å². The first-order valence-corrected chi connectivity index (χ1v) is 5.15. The number of hydrogen-bond acceptors (Lipinski definition) is 1. The molecular formula is C11H15F3O. The fourth-order valence-electron chi connectivity index (χ4n) is 2.09. The maximum Gasteiger partial charge on any atom is 0.391 e. The van der Waals surface area contributed by atoms with Crippen molar-refractivity contribution in [3.05, 3.63) is 12.7 Å². The molecule has 0 heterocycles.